The fraction of sp³-hybridized carbons (Fsp3) is 0.400. The maximum atomic E-state index is 12.7. The molecule has 2 N–H and O–H groups in total. The zero-order valence-electron chi connectivity index (χ0n) is 9.10. The normalized spacial score (nSPS) is 12.3. The molecule has 0 aliphatic carbocycles. The third-order valence-electron chi connectivity index (χ3n) is 1.95. The second kappa shape index (κ2) is 6.09. The van der Waals surface area contributed by atoms with E-state index in [1.807, 2.05) is 0 Å². The van der Waals surface area contributed by atoms with Crippen molar-refractivity contribution in [1.29, 1.82) is 0 Å². The SMILES string of the molecule is COc1cncc(C(OC(=O)CN)C(F)F)c1. The Morgan fingerprint density at radius 2 is 2.24 bits per heavy atom. The van der Waals surface area contributed by atoms with Crippen molar-refractivity contribution in [2.24, 2.45) is 5.73 Å². The lowest BCUT2D eigenvalue weighted by molar-refractivity contribution is -0.156. The Bertz CT molecular complexity index is 388. The van der Waals surface area contributed by atoms with Gasteiger partial charge < -0.3 is 15.2 Å². The van der Waals surface area contributed by atoms with Crippen LogP contribution in [0.2, 0.25) is 0 Å². The van der Waals surface area contributed by atoms with Gasteiger partial charge in [-0.1, -0.05) is 0 Å². The number of rotatable bonds is 5. The van der Waals surface area contributed by atoms with Crippen molar-refractivity contribution < 1.29 is 23.0 Å². The first-order valence-corrected chi connectivity index (χ1v) is 4.75. The van der Waals surface area contributed by atoms with Crippen LogP contribution >= 0.6 is 0 Å². The number of carbonyl (C=O) groups is 1. The molecule has 5 nitrogen and oxygen atoms in total. The molecular formula is C10H12F2N2O3. The topological polar surface area (TPSA) is 74.4 Å². The van der Waals surface area contributed by atoms with Crippen molar-refractivity contribution in [3.63, 3.8) is 0 Å². The summed E-state index contributed by atoms with van der Waals surface area (Å²) in [6, 6.07) is 1.33. The molecule has 94 valence electrons. The highest BCUT2D eigenvalue weighted by molar-refractivity contribution is 5.71. The summed E-state index contributed by atoms with van der Waals surface area (Å²) in [6.45, 7) is -0.458. The van der Waals surface area contributed by atoms with E-state index in [0.717, 1.165) is 0 Å². The van der Waals surface area contributed by atoms with Crippen LogP contribution in [0.15, 0.2) is 18.5 Å². The zero-order chi connectivity index (χ0) is 12.8. The molecular weight excluding hydrogens is 234 g/mol. The maximum absolute atomic E-state index is 12.7. The van der Waals surface area contributed by atoms with Gasteiger partial charge in [-0.15, -0.1) is 0 Å². The third kappa shape index (κ3) is 3.63. The van der Waals surface area contributed by atoms with E-state index in [0.29, 0.717) is 5.75 Å². The minimum atomic E-state index is -2.86. The van der Waals surface area contributed by atoms with Crippen molar-refractivity contribution in [3.8, 4) is 5.75 Å². The van der Waals surface area contributed by atoms with Gasteiger partial charge in [0.05, 0.1) is 19.9 Å². The number of nitrogens with zero attached hydrogens (tertiary/aromatic N) is 1. The van der Waals surface area contributed by atoms with Gasteiger partial charge in [0.15, 0.2) is 6.10 Å². The van der Waals surface area contributed by atoms with Crippen molar-refractivity contribution in [2.45, 2.75) is 12.5 Å². The number of hydrogen-bond donors (Lipinski definition) is 1. The first kappa shape index (κ1) is 13.3. The Hall–Kier alpha value is -1.76. The Morgan fingerprint density at radius 3 is 2.76 bits per heavy atom. The van der Waals surface area contributed by atoms with Gasteiger partial charge in [0, 0.05) is 11.8 Å². The summed E-state index contributed by atoms with van der Waals surface area (Å²) in [4.78, 5) is 14.6. The van der Waals surface area contributed by atoms with Gasteiger partial charge in [-0.2, -0.15) is 0 Å². The van der Waals surface area contributed by atoms with Crippen LogP contribution in [-0.2, 0) is 9.53 Å². The van der Waals surface area contributed by atoms with Crippen LogP contribution in [-0.4, -0.2) is 31.0 Å². The molecule has 0 spiro atoms. The van der Waals surface area contributed by atoms with Crippen molar-refractivity contribution >= 4 is 5.97 Å². The summed E-state index contributed by atoms with van der Waals surface area (Å²) in [5.41, 5.74) is 5.05. The molecule has 1 aromatic heterocycles. The van der Waals surface area contributed by atoms with Gasteiger partial charge in [-0.25, -0.2) is 8.78 Å². The van der Waals surface area contributed by atoms with E-state index >= 15 is 0 Å². The molecule has 7 heteroatoms. The molecule has 0 saturated heterocycles. The van der Waals surface area contributed by atoms with Crippen molar-refractivity contribution in [2.75, 3.05) is 13.7 Å². The first-order valence-electron chi connectivity index (χ1n) is 4.75. The minimum absolute atomic E-state index is 0.0566. The first-order chi connectivity index (χ1) is 8.08. The van der Waals surface area contributed by atoms with Gasteiger partial charge in [-0.3, -0.25) is 9.78 Å². The predicted octanol–water partition coefficient (Wildman–Crippen LogP) is 0.898. The minimum Gasteiger partial charge on any atom is -0.495 e. The van der Waals surface area contributed by atoms with Crippen LogP contribution in [0.4, 0.5) is 8.78 Å². The lowest BCUT2D eigenvalue weighted by Gasteiger charge is -2.17. The second-order valence-corrected chi connectivity index (χ2v) is 3.11. The van der Waals surface area contributed by atoms with E-state index < -0.39 is 25.0 Å². The highest BCUT2D eigenvalue weighted by Crippen LogP contribution is 2.26. The summed E-state index contributed by atoms with van der Waals surface area (Å²) in [7, 11) is 1.38. The second-order valence-electron chi connectivity index (χ2n) is 3.11. The number of alkyl halides is 2. The number of hydrogen-bond acceptors (Lipinski definition) is 5. The number of ether oxygens (including phenoxy) is 2. The summed E-state index contributed by atoms with van der Waals surface area (Å²) < 4.78 is 34.8. The van der Waals surface area contributed by atoms with Gasteiger partial charge in [0.25, 0.3) is 6.43 Å². The Labute approximate surface area is 96.5 Å². The number of aromatic nitrogens is 1. The quantitative estimate of drug-likeness (QED) is 0.781. The molecule has 0 aliphatic rings. The van der Waals surface area contributed by atoms with Crippen LogP contribution in [0.25, 0.3) is 0 Å². The molecule has 1 heterocycles. The zero-order valence-corrected chi connectivity index (χ0v) is 9.10. The molecule has 0 aromatic carbocycles. The summed E-state index contributed by atoms with van der Waals surface area (Å²) in [5.74, 6) is -0.602. The van der Waals surface area contributed by atoms with Crippen LogP contribution in [0.5, 0.6) is 5.75 Å². The van der Waals surface area contributed by atoms with Crippen molar-refractivity contribution in [1.82, 2.24) is 4.98 Å². The summed E-state index contributed by atoms with van der Waals surface area (Å²) >= 11 is 0. The van der Waals surface area contributed by atoms with E-state index in [1.54, 1.807) is 0 Å². The Morgan fingerprint density at radius 1 is 1.53 bits per heavy atom. The van der Waals surface area contributed by atoms with Crippen LogP contribution in [0, 0.1) is 0 Å². The monoisotopic (exact) mass is 246 g/mol. The largest absolute Gasteiger partial charge is 0.495 e. The molecule has 0 amide bonds. The Kier molecular flexibility index (Phi) is 4.77. The molecule has 1 unspecified atom stereocenters. The average Bonchev–Trinajstić information content (AvgIpc) is 2.35. The molecule has 0 radical (unpaired) electrons. The van der Waals surface area contributed by atoms with E-state index in [2.05, 4.69) is 9.72 Å². The van der Waals surface area contributed by atoms with E-state index in [1.165, 1.54) is 25.6 Å². The van der Waals surface area contributed by atoms with E-state index in [-0.39, 0.29) is 5.56 Å². The number of methoxy groups -OCH3 is 1. The molecule has 0 saturated carbocycles. The van der Waals surface area contributed by atoms with Crippen LogP contribution < -0.4 is 10.5 Å². The van der Waals surface area contributed by atoms with Gasteiger partial charge in [-0.05, 0) is 6.07 Å². The van der Waals surface area contributed by atoms with Crippen LogP contribution in [0.1, 0.15) is 11.7 Å². The molecule has 1 rings (SSSR count). The number of carbonyl (C=O) groups excluding carboxylic acids is 1. The molecule has 0 bridgehead atoms. The number of pyridine rings is 1. The van der Waals surface area contributed by atoms with Crippen LogP contribution in [0.3, 0.4) is 0 Å². The molecule has 17 heavy (non-hydrogen) atoms. The smallest absolute Gasteiger partial charge is 0.320 e. The fourth-order valence-electron chi connectivity index (χ4n) is 1.16. The van der Waals surface area contributed by atoms with Crippen molar-refractivity contribution in [3.05, 3.63) is 24.0 Å². The highest BCUT2D eigenvalue weighted by Gasteiger charge is 2.27. The predicted molar refractivity (Wildman–Crippen MR) is 54.7 cm³/mol. The Balaban J connectivity index is 2.92. The molecule has 1 aromatic rings. The third-order valence-corrected chi connectivity index (χ3v) is 1.95. The number of halogens is 2. The van der Waals surface area contributed by atoms with Gasteiger partial charge >= 0.3 is 5.97 Å². The summed E-state index contributed by atoms with van der Waals surface area (Å²) in [6.07, 6.45) is -2.01. The molecule has 1 atom stereocenters. The molecule has 0 fully saturated rings. The highest BCUT2D eigenvalue weighted by atomic mass is 19.3. The van der Waals surface area contributed by atoms with Gasteiger partial charge in [0.1, 0.15) is 5.75 Å². The molecule has 0 aliphatic heterocycles. The number of nitrogens with two attached hydrogens (primary N) is 1. The van der Waals surface area contributed by atoms with Gasteiger partial charge in [0.2, 0.25) is 0 Å². The van der Waals surface area contributed by atoms with E-state index in [9.17, 15) is 13.6 Å². The lowest BCUT2D eigenvalue weighted by atomic mass is 10.1. The lowest BCUT2D eigenvalue weighted by Crippen LogP contribution is -2.23. The maximum Gasteiger partial charge on any atom is 0.320 e. The average molecular weight is 246 g/mol. The summed E-state index contributed by atoms with van der Waals surface area (Å²) in [5, 5.41) is 0. The standard InChI is InChI=1S/C10H12F2N2O3/c1-16-7-2-6(4-14-5-7)9(10(11)12)17-8(15)3-13/h2,4-5,9-10H,3,13H2,1H3. The fourth-order valence-corrected chi connectivity index (χ4v) is 1.16. The number of esters is 1. The van der Waals surface area contributed by atoms with E-state index in [4.69, 9.17) is 10.5 Å².